The van der Waals surface area contributed by atoms with Gasteiger partial charge in [-0.15, -0.1) is 11.3 Å². The van der Waals surface area contributed by atoms with E-state index < -0.39 is 0 Å². The smallest absolute Gasteiger partial charge is 0.0896 e. The van der Waals surface area contributed by atoms with Gasteiger partial charge in [-0.2, -0.15) is 0 Å². The molecule has 0 bridgehead atoms. The number of rotatable bonds is 6. The molecule has 1 aromatic heterocycles. The maximum Gasteiger partial charge on any atom is 0.0896 e. The Morgan fingerprint density at radius 3 is 2.81 bits per heavy atom. The second kappa shape index (κ2) is 5.28. The molecule has 16 heavy (non-hydrogen) atoms. The van der Waals surface area contributed by atoms with E-state index >= 15 is 0 Å². The summed E-state index contributed by atoms with van der Waals surface area (Å²) in [6, 6.07) is 0. The molecule has 1 heterocycles. The summed E-state index contributed by atoms with van der Waals surface area (Å²) in [5.74, 6) is 0. The van der Waals surface area contributed by atoms with E-state index in [1.54, 1.807) is 0 Å². The number of nitrogens with one attached hydrogen (secondary N) is 1. The van der Waals surface area contributed by atoms with Gasteiger partial charge in [-0.3, -0.25) is 0 Å². The minimum absolute atomic E-state index is 0.550. The fourth-order valence-corrected chi connectivity index (χ4v) is 3.45. The second-order valence-electron chi connectivity index (χ2n) is 5.05. The van der Waals surface area contributed by atoms with Crippen LogP contribution in [0.1, 0.15) is 42.5 Å². The first-order valence-corrected chi connectivity index (χ1v) is 7.18. The van der Waals surface area contributed by atoms with Crippen LogP contribution in [-0.4, -0.2) is 18.1 Å². The number of aromatic nitrogens is 1. The quantitative estimate of drug-likeness (QED) is 0.770. The van der Waals surface area contributed by atoms with Crippen LogP contribution in [0.3, 0.4) is 0 Å². The van der Waals surface area contributed by atoms with Gasteiger partial charge in [0.1, 0.15) is 0 Å². The van der Waals surface area contributed by atoms with Crippen molar-refractivity contribution in [1.82, 2.24) is 10.3 Å². The van der Waals surface area contributed by atoms with E-state index in [1.807, 2.05) is 11.3 Å². The summed E-state index contributed by atoms with van der Waals surface area (Å²) in [5, 5.41) is 4.79. The summed E-state index contributed by atoms with van der Waals surface area (Å²) in [4.78, 5) is 5.82. The summed E-state index contributed by atoms with van der Waals surface area (Å²) in [5.41, 5.74) is 0.550. The van der Waals surface area contributed by atoms with Crippen molar-refractivity contribution in [3.05, 3.63) is 16.1 Å². The van der Waals surface area contributed by atoms with Crippen LogP contribution in [0.15, 0.2) is 6.20 Å². The molecule has 90 valence electrons. The first-order chi connectivity index (χ1) is 7.74. The molecular formula is C13H22N2S. The molecule has 0 radical (unpaired) electrons. The van der Waals surface area contributed by atoms with Crippen molar-refractivity contribution in [3.63, 3.8) is 0 Å². The number of aryl methyl sites for hydroxylation is 1. The highest BCUT2D eigenvalue weighted by atomic mass is 32.1. The van der Waals surface area contributed by atoms with E-state index in [0.717, 1.165) is 6.54 Å². The van der Waals surface area contributed by atoms with Crippen LogP contribution in [0.4, 0.5) is 0 Å². The predicted octanol–water partition coefficient (Wildman–Crippen LogP) is 3.16. The van der Waals surface area contributed by atoms with E-state index in [4.69, 9.17) is 0 Å². The number of hydrogen-bond acceptors (Lipinski definition) is 3. The van der Waals surface area contributed by atoms with Crippen molar-refractivity contribution >= 4 is 11.3 Å². The molecule has 0 aromatic carbocycles. The molecule has 0 atom stereocenters. The molecule has 3 heteroatoms. The summed E-state index contributed by atoms with van der Waals surface area (Å²) in [6.07, 6.45) is 8.72. The van der Waals surface area contributed by atoms with Gasteiger partial charge in [0.2, 0.25) is 0 Å². The fraction of sp³-hybridized carbons (Fsp3) is 0.769. The Balaban J connectivity index is 1.89. The lowest BCUT2D eigenvalue weighted by Gasteiger charge is -2.42. The van der Waals surface area contributed by atoms with Gasteiger partial charge in [0, 0.05) is 17.6 Å². The van der Waals surface area contributed by atoms with Crippen molar-refractivity contribution in [2.75, 3.05) is 13.1 Å². The molecule has 1 saturated carbocycles. The van der Waals surface area contributed by atoms with Gasteiger partial charge in [0.15, 0.2) is 0 Å². The number of thiazole rings is 1. The van der Waals surface area contributed by atoms with E-state index in [9.17, 15) is 0 Å². The van der Waals surface area contributed by atoms with Gasteiger partial charge >= 0.3 is 0 Å². The average Bonchev–Trinajstić information content (AvgIpc) is 2.60. The van der Waals surface area contributed by atoms with Crippen molar-refractivity contribution in [3.8, 4) is 0 Å². The maximum atomic E-state index is 4.35. The Morgan fingerprint density at radius 2 is 2.31 bits per heavy atom. The molecule has 0 aliphatic heterocycles. The van der Waals surface area contributed by atoms with Gasteiger partial charge in [-0.1, -0.05) is 13.3 Å². The zero-order valence-electron chi connectivity index (χ0n) is 10.4. The largest absolute Gasteiger partial charge is 0.316 e. The highest BCUT2D eigenvalue weighted by Crippen LogP contribution is 2.43. The Morgan fingerprint density at radius 1 is 1.50 bits per heavy atom. The SMILES string of the molecule is CCCNCC1(Cc2cnc(C)s2)CCC1. The first kappa shape index (κ1) is 12.1. The summed E-state index contributed by atoms with van der Waals surface area (Å²) >= 11 is 1.86. The van der Waals surface area contributed by atoms with Gasteiger partial charge in [0.25, 0.3) is 0 Å². The third-order valence-electron chi connectivity index (χ3n) is 3.56. The number of nitrogens with zero attached hydrogens (tertiary/aromatic N) is 1. The maximum absolute atomic E-state index is 4.35. The second-order valence-corrected chi connectivity index (χ2v) is 6.37. The third kappa shape index (κ3) is 2.83. The predicted molar refractivity (Wildman–Crippen MR) is 70.0 cm³/mol. The summed E-state index contributed by atoms with van der Waals surface area (Å²) in [6.45, 7) is 6.67. The van der Waals surface area contributed by atoms with E-state index in [0.29, 0.717) is 5.41 Å². The lowest BCUT2D eigenvalue weighted by atomic mass is 9.66. The number of hydrogen-bond donors (Lipinski definition) is 1. The molecule has 2 nitrogen and oxygen atoms in total. The van der Waals surface area contributed by atoms with Crippen LogP contribution in [0.25, 0.3) is 0 Å². The van der Waals surface area contributed by atoms with Gasteiger partial charge in [0.05, 0.1) is 5.01 Å². The molecule has 0 spiro atoms. The molecule has 1 aromatic rings. The molecule has 1 N–H and O–H groups in total. The van der Waals surface area contributed by atoms with Crippen LogP contribution >= 0.6 is 11.3 Å². The van der Waals surface area contributed by atoms with Gasteiger partial charge in [-0.25, -0.2) is 4.98 Å². The van der Waals surface area contributed by atoms with Crippen LogP contribution in [0.2, 0.25) is 0 Å². The van der Waals surface area contributed by atoms with Crippen LogP contribution < -0.4 is 5.32 Å². The molecule has 0 unspecified atom stereocenters. The van der Waals surface area contributed by atoms with Crippen molar-refractivity contribution < 1.29 is 0 Å². The average molecular weight is 238 g/mol. The molecule has 1 aliphatic carbocycles. The van der Waals surface area contributed by atoms with Crippen LogP contribution in [0, 0.1) is 12.3 Å². The van der Waals surface area contributed by atoms with Gasteiger partial charge in [-0.05, 0) is 44.6 Å². The van der Waals surface area contributed by atoms with E-state index in [1.165, 1.54) is 48.5 Å². The third-order valence-corrected chi connectivity index (χ3v) is 4.47. The molecule has 0 amide bonds. The van der Waals surface area contributed by atoms with Crippen molar-refractivity contribution in [2.24, 2.45) is 5.41 Å². The molecule has 2 rings (SSSR count). The topological polar surface area (TPSA) is 24.9 Å². The van der Waals surface area contributed by atoms with Crippen molar-refractivity contribution in [1.29, 1.82) is 0 Å². The van der Waals surface area contributed by atoms with E-state index in [2.05, 4.69) is 30.3 Å². The lowest BCUT2D eigenvalue weighted by molar-refractivity contribution is 0.131. The minimum Gasteiger partial charge on any atom is -0.316 e. The Bertz CT molecular complexity index is 328. The van der Waals surface area contributed by atoms with E-state index in [-0.39, 0.29) is 0 Å². The minimum atomic E-state index is 0.550. The van der Waals surface area contributed by atoms with Crippen LogP contribution in [-0.2, 0) is 6.42 Å². The van der Waals surface area contributed by atoms with Crippen LogP contribution in [0.5, 0.6) is 0 Å². The lowest BCUT2D eigenvalue weighted by Crippen LogP contribution is -2.41. The Hall–Kier alpha value is -0.410. The monoisotopic (exact) mass is 238 g/mol. The summed E-state index contributed by atoms with van der Waals surface area (Å²) < 4.78 is 0. The zero-order valence-corrected chi connectivity index (χ0v) is 11.2. The fourth-order valence-electron chi connectivity index (χ4n) is 2.48. The van der Waals surface area contributed by atoms with Gasteiger partial charge < -0.3 is 5.32 Å². The highest BCUT2D eigenvalue weighted by Gasteiger charge is 2.36. The molecular weight excluding hydrogens is 216 g/mol. The molecule has 0 saturated heterocycles. The summed E-state index contributed by atoms with van der Waals surface area (Å²) in [7, 11) is 0. The molecule has 1 fully saturated rings. The normalized spacial score (nSPS) is 18.4. The Labute approximate surface area is 102 Å². The van der Waals surface area contributed by atoms with Crippen molar-refractivity contribution in [2.45, 2.75) is 46.0 Å². The standard InChI is InChI=1S/C13H22N2S/c1-3-7-14-10-13(5-4-6-13)8-12-9-15-11(2)16-12/h9,14H,3-8,10H2,1-2H3. The zero-order chi connectivity index (χ0) is 11.4. The Kier molecular flexibility index (Phi) is 3.98. The first-order valence-electron chi connectivity index (χ1n) is 6.36. The highest BCUT2D eigenvalue weighted by molar-refractivity contribution is 7.11. The molecule has 1 aliphatic rings.